The number of amides is 1. The third-order valence-corrected chi connectivity index (χ3v) is 4.52. The summed E-state index contributed by atoms with van der Waals surface area (Å²) in [6.07, 6.45) is 5.27. The lowest BCUT2D eigenvalue weighted by Crippen LogP contribution is -2.28. The fourth-order valence-electron chi connectivity index (χ4n) is 3.22. The predicted molar refractivity (Wildman–Crippen MR) is 100 cm³/mol. The van der Waals surface area contributed by atoms with Crippen molar-refractivity contribution in [2.45, 2.75) is 19.4 Å². The van der Waals surface area contributed by atoms with Crippen LogP contribution in [0.3, 0.4) is 0 Å². The molecule has 0 unspecified atom stereocenters. The van der Waals surface area contributed by atoms with Gasteiger partial charge in [0.05, 0.1) is 29.1 Å². The number of rotatable bonds is 4. The van der Waals surface area contributed by atoms with Gasteiger partial charge in [-0.1, -0.05) is 12.1 Å². The average molecular weight is 349 g/mol. The molecular formula is C19H19N5O2. The number of benzene rings is 1. The number of pyridine rings is 1. The van der Waals surface area contributed by atoms with E-state index in [1.54, 1.807) is 12.3 Å². The van der Waals surface area contributed by atoms with E-state index in [-0.39, 0.29) is 18.0 Å². The van der Waals surface area contributed by atoms with Crippen LogP contribution in [0.1, 0.15) is 12.8 Å². The molecule has 0 saturated carbocycles. The molecular weight excluding hydrogens is 330 g/mol. The first kappa shape index (κ1) is 16.3. The molecule has 1 aromatic carbocycles. The van der Waals surface area contributed by atoms with E-state index in [4.69, 9.17) is 0 Å². The van der Waals surface area contributed by atoms with E-state index in [1.807, 2.05) is 30.3 Å². The summed E-state index contributed by atoms with van der Waals surface area (Å²) >= 11 is 0. The maximum atomic E-state index is 12.4. The molecule has 7 heteroatoms. The maximum absolute atomic E-state index is 12.4. The average Bonchev–Trinajstić information content (AvgIpc) is 3.19. The molecule has 1 aliphatic rings. The number of fused-ring (bicyclic) bond motifs is 1. The SMILES string of the molecule is O=C(Cn1c(=O)cnc2ccccc21)Nc1ccc(N2CCCC2)nc1. The first-order valence-electron chi connectivity index (χ1n) is 8.66. The van der Waals surface area contributed by atoms with Crippen LogP contribution < -0.4 is 15.8 Å². The molecule has 3 aromatic rings. The summed E-state index contributed by atoms with van der Waals surface area (Å²) in [5.41, 5.74) is 1.62. The van der Waals surface area contributed by atoms with Crippen molar-refractivity contribution >= 4 is 28.4 Å². The van der Waals surface area contributed by atoms with Gasteiger partial charge in [-0.15, -0.1) is 0 Å². The second kappa shape index (κ2) is 6.95. The van der Waals surface area contributed by atoms with E-state index in [9.17, 15) is 9.59 Å². The minimum atomic E-state index is -0.304. The van der Waals surface area contributed by atoms with Gasteiger partial charge in [0.1, 0.15) is 12.4 Å². The van der Waals surface area contributed by atoms with Gasteiger partial charge >= 0.3 is 0 Å². The number of carbonyl (C=O) groups excluding carboxylic acids is 1. The summed E-state index contributed by atoms with van der Waals surface area (Å²) in [6, 6.07) is 11.0. The Kier molecular flexibility index (Phi) is 4.35. The number of nitrogens with one attached hydrogen (secondary N) is 1. The summed E-state index contributed by atoms with van der Waals surface area (Å²) in [7, 11) is 0. The lowest BCUT2D eigenvalue weighted by atomic mass is 10.3. The van der Waals surface area contributed by atoms with Gasteiger partial charge in [-0.25, -0.2) is 9.97 Å². The molecule has 1 aliphatic heterocycles. The molecule has 0 atom stereocenters. The zero-order valence-corrected chi connectivity index (χ0v) is 14.3. The number of hydrogen-bond acceptors (Lipinski definition) is 5. The zero-order valence-electron chi connectivity index (χ0n) is 14.3. The van der Waals surface area contributed by atoms with Crippen LogP contribution in [0.25, 0.3) is 11.0 Å². The van der Waals surface area contributed by atoms with E-state index in [0.29, 0.717) is 16.7 Å². The predicted octanol–water partition coefficient (Wildman–Crippen LogP) is 2.03. The van der Waals surface area contributed by atoms with Gasteiger partial charge in [-0.05, 0) is 37.1 Å². The highest BCUT2D eigenvalue weighted by molar-refractivity contribution is 5.91. The van der Waals surface area contributed by atoms with E-state index in [1.165, 1.54) is 23.6 Å². The summed E-state index contributed by atoms with van der Waals surface area (Å²) in [5, 5.41) is 2.80. The molecule has 1 amide bonds. The molecule has 2 aromatic heterocycles. The summed E-state index contributed by atoms with van der Waals surface area (Å²) in [6.45, 7) is 1.98. The second-order valence-corrected chi connectivity index (χ2v) is 6.32. The molecule has 0 radical (unpaired) electrons. The molecule has 0 aliphatic carbocycles. The van der Waals surface area contributed by atoms with E-state index in [0.717, 1.165) is 18.9 Å². The van der Waals surface area contributed by atoms with Gasteiger partial charge < -0.3 is 10.2 Å². The first-order valence-corrected chi connectivity index (χ1v) is 8.66. The van der Waals surface area contributed by atoms with Gasteiger partial charge in [-0.3, -0.25) is 14.2 Å². The standard InChI is InChI=1S/C19H19N5O2/c25-18(13-24-16-6-2-1-5-15(16)20-12-19(24)26)22-14-7-8-17(21-11-14)23-9-3-4-10-23/h1-2,5-8,11-12H,3-4,9-10,13H2,(H,22,25). The molecule has 0 spiro atoms. The van der Waals surface area contributed by atoms with Crippen LogP contribution in [0.15, 0.2) is 53.6 Å². The van der Waals surface area contributed by atoms with Gasteiger partial charge in [0.25, 0.3) is 5.56 Å². The quantitative estimate of drug-likeness (QED) is 0.780. The van der Waals surface area contributed by atoms with Crippen LogP contribution >= 0.6 is 0 Å². The summed E-state index contributed by atoms with van der Waals surface area (Å²) < 4.78 is 1.42. The summed E-state index contributed by atoms with van der Waals surface area (Å²) in [4.78, 5) is 35.3. The Morgan fingerprint density at radius 2 is 1.85 bits per heavy atom. The molecule has 4 rings (SSSR count). The van der Waals surface area contributed by atoms with Crippen molar-refractivity contribution in [3.8, 4) is 0 Å². The fraction of sp³-hybridized carbons (Fsp3) is 0.263. The molecule has 26 heavy (non-hydrogen) atoms. The van der Waals surface area contributed by atoms with E-state index in [2.05, 4.69) is 20.2 Å². The highest BCUT2D eigenvalue weighted by Crippen LogP contribution is 2.19. The number of aromatic nitrogens is 3. The third kappa shape index (κ3) is 3.28. The Balaban J connectivity index is 1.49. The van der Waals surface area contributed by atoms with E-state index >= 15 is 0 Å². The van der Waals surface area contributed by atoms with Gasteiger partial charge in [0.2, 0.25) is 5.91 Å². The third-order valence-electron chi connectivity index (χ3n) is 4.52. The van der Waals surface area contributed by atoms with Crippen molar-refractivity contribution in [1.82, 2.24) is 14.5 Å². The Morgan fingerprint density at radius 1 is 1.04 bits per heavy atom. The normalized spacial score (nSPS) is 13.9. The first-order chi connectivity index (χ1) is 12.7. The Labute approximate surface area is 150 Å². The molecule has 1 fully saturated rings. The Bertz CT molecular complexity index is 991. The number of para-hydroxylation sites is 2. The van der Waals surface area contributed by atoms with Crippen LogP contribution in [0.2, 0.25) is 0 Å². The number of anilines is 2. The van der Waals surface area contributed by atoms with E-state index < -0.39 is 0 Å². The maximum Gasteiger partial charge on any atom is 0.269 e. The molecule has 1 N–H and O–H groups in total. The van der Waals surface area contributed by atoms with Crippen LogP contribution in [0, 0.1) is 0 Å². The molecule has 132 valence electrons. The smallest absolute Gasteiger partial charge is 0.269 e. The highest BCUT2D eigenvalue weighted by Gasteiger charge is 2.14. The van der Waals surface area contributed by atoms with Crippen molar-refractivity contribution < 1.29 is 4.79 Å². The fourth-order valence-corrected chi connectivity index (χ4v) is 3.22. The van der Waals surface area contributed by atoms with Crippen LogP contribution in [0.4, 0.5) is 11.5 Å². The molecule has 7 nitrogen and oxygen atoms in total. The minimum absolute atomic E-state index is 0.0737. The largest absolute Gasteiger partial charge is 0.357 e. The highest BCUT2D eigenvalue weighted by atomic mass is 16.2. The Hall–Kier alpha value is -3.22. The molecule has 3 heterocycles. The molecule has 1 saturated heterocycles. The lowest BCUT2D eigenvalue weighted by Gasteiger charge is -2.16. The minimum Gasteiger partial charge on any atom is -0.357 e. The zero-order chi connectivity index (χ0) is 17.9. The number of hydrogen-bond donors (Lipinski definition) is 1. The van der Waals surface area contributed by atoms with Crippen molar-refractivity contribution in [3.63, 3.8) is 0 Å². The van der Waals surface area contributed by atoms with Crippen LogP contribution in [-0.4, -0.2) is 33.5 Å². The van der Waals surface area contributed by atoms with Crippen LogP contribution in [-0.2, 0) is 11.3 Å². The Morgan fingerprint density at radius 3 is 2.62 bits per heavy atom. The lowest BCUT2D eigenvalue weighted by molar-refractivity contribution is -0.116. The molecule has 0 bridgehead atoms. The van der Waals surface area contributed by atoms with Crippen molar-refractivity contribution in [2.75, 3.05) is 23.3 Å². The van der Waals surface area contributed by atoms with Gasteiger partial charge in [-0.2, -0.15) is 0 Å². The second-order valence-electron chi connectivity index (χ2n) is 6.32. The topological polar surface area (TPSA) is 80.1 Å². The van der Waals surface area contributed by atoms with Crippen molar-refractivity contribution in [2.24, 2.45) is 0 Å². The summed E-state index contributed by atoms with van der Waals surface area (Å²) in [5.74, 6) is 0.649. The van der Waals surface area contributed by atoms with Gasteiger partial charge in [0, 0.05) is 13.1 Å². The van der Waals surface area contributed by atoms with Crippen molar-refractivity contribution in [1.29, 1.82) is 0 Å². The van der Waals surface area contributed by atoms with Gasteiger partial charge in [0.15, 0.2) is 0 Å². The van der Waals surface area contributed by atoms with Crippen molar-refractivity contribution in [3.05, 3.63) is 59.1 Å². The number of nitrogens with zero attached hydrogens (tertiary/aromatic N) is 4. The monoisotopic (exact) mass is 349 g/mol. The number of carbonyl (C=O) groups is 1. The van der Waals surface area contributed by atoms with Crippen LogP contribution in [0.5, 0.6) is 0 Å².